The second kappa shape index (κ2) is 4.43. The van der Waals surface area contributed by atoms with Crippen molar-refractivity contribution in [2.75, 3.05) is 13.2 Å². The third-order valence-corrected chi connectivity index (χ3v) is 3.21. The molecular formula is C11H23NO. The van der Waals surface area contributed by atoms with E-state index in [1.807, 2.05) is 0 Å². The highest BCUT2D eigenvalue weighted by Crippen LogP contribution is 2.38. The van der Waals surface area contributed by atoms with Crippen LogP contribution < -0.4 is 5.32 Å². The van der Waals surface area contributed by atoms with E-state index in [9.17, 15) is 0 Å². The van der Waals surface area contributed by atoms with E-state index >= 15 is 0 Å². The van der Waals surface area contributed by atoms with Crippen molar-refractivity contribution in [3.63, 3.8) is 0 Å². The maximum absolute atomic E-state index is 8.72. The van der Waals surface area contributed by atoms with E-state index in [-0.39, 0.29) is 6.61 Å². The highest BCUT2D eigenvalue weighted by molar-refractivity contribution is 4.86. The van der Waals surface area contributed by atoms with Crippen molar-refractivity contribution in [3.8, 4) is 0 Å². The lowest BCUT2D eigenvalue weighted by Crippen LogP contribution is -2.42. The van der Waals surface area contributed by atoms with Crippen LogP contribution in [0.1, 0.15) is 40.0 Å². The first-order valence-corrected chi connectivity index (χ1v) is 5.39. The van der Waals surface area contributed by atoms with Crippen LogP contribution in [0.15, 0.2) is 0 Å². The minimum atomic E-state index is 0.257. The largest absolute Gasteiger partial charge is 0.395 e. The monoisotopic (exact) mass is 185 g/mol. The van der Waals surface area contributed by atoms with Crippen LogP contribution in [0.3, 0.4) is 0 Å². The fraction of sp³-hybridized carbons (Fsp3) is 1.00. The third kappa shape index (κ3) is 3.28. The van der Waals surface area contributed by atoms with Gasteiger partial charge in [-0.2, -0.15) is 0 Å². The zero-order valence-corrected chi connectivity index (χ0v) is 9.14. The van der Waals surface area contributed by atoms with Gasteiger partial charge in [0.05, 0.1) is 6.61 Å². The Kier molecular flexibility index (Phi) is 3.74. The van der Waals surface area contributed by atoms with Gasteiger partial charge in [0.25, 0.3) is 0 Å². The van der Waals surface area contributed by atoms with E-state index in [2.05, 4.69) is 26.1 Å². The number of hydrogen-bond donors (Lipinski definition) is 2. The Morgan fingerprint density at radius 2 is 2.15 bits per heavy atom. The van der Waals surface area contributed by atoms with E-state index in [4.69, 9.17) is 5.11 Å². The van der Waals surface area contributed by atoms with Gasteiger partial charge < -0.3 is 10.4 Å². The number of rotatable bonds is 3. The molecule has 0 radical (unpaired) electrons. The molecular weight excluding hydrogens is 162 g/mol. The van der Waals surface area contributed by atoms with E-state index in [0.29, 0.717) is 11.5 Å². The van der Waals surface area contributed by atoms with Gasteiger partial charge in [0.1, 0.15) is 0 Å². The van der Waals surface area contributed by atoms with Gasteiger partial charge in [0.2, 0.25) is 0 Å². The first kappa shape index (κ1) is 11.0. The summed E-state index contributed by atoms with van der Waals surface area (Å²) in [6, 6.07) is 0.625. The highest BCUT2D eigenvalue weighted by Gasteiger charge is 2.31. The Morgan fingerprint density at radius 3 is 2.69 bits per heavy atom. The first-order chi connectivity index (χ1) is 6.05. The van der Waals surface area contributed by atoms with Crippen molar-refractivity contribution in [2.45, 2.75) is 46.1 Å². The molecule has 0 amide bonds. The molecule has 1 fully saturated rings. The van der Waals surface area contributed by atoms with Crippen molar-refractivity contribution in [1.29, 1.82) is 0 Å². The zero-order chi connectivity index (χ0) is 9.90. The molecule has 0 aliphatic heterocycles. The molecule has 1 aliphatic rings. The van der Waals surface area contributed by atoms with Gasteiger partial charge in [-0.25, -0.2) is 0 Å². The summed E-state index contributed by atoms with van der Waals surface area (Å²) >= 11 is 0. The van der Waals surface area contributed by atoms with Crippen LogP contribution in [0.25, 0.3) is 0 Å². The third-order valence-electron chi connectivity index (χ3n) is 3.21. The van der Waals surface area contributed by atoms with Gasteiger partial charge in [-0.3, -0.25) is 0 Å². The molecule has 0 spiro atoms. The standard InChI is InChI=1S/C11H23NO/c1-9-8-11(2,3)5-4-10(9)12-6-7-13/h9-10,12-13H,4-8H2,1-3H3. The topological polar surface area (TPSA) is 32.3 Å². The molecule has 1 aliphatic carbocycles. The van der Waals surface area contributed by atoms with Crippen molar-refractivity contribution in [1.82, 2.24) is 5.32 Å². The molecule has 78 valence electrons. The normalized spacial score (nSPS) is 33.2. The fourth-order valence-corrected chi connectivity index (χ4v) is 2.50. The zero-order valence-electron chi connectivity index (χ0n) is 9.14. The van der Waals surface area contributed by atoms with E-state index in [1.165, 1.54) is 19.3 Å². The highest BCUT2D eigenvalue weighted by atomic mass is 16.3. The van der Waals surface area contributed by atoms with Crippen LogP contribution in [0.5, 0.6) is 0 Å². The Balaban J connectivity index is 2.35. The predicted molar refractivity (Wildman–Crippen MR) is 55.7 cm³/mol. The van der Waals surface area contributed by atoms with Crippen LogP contribution in [-0.4, -0.2) is 24.3 Å². The Hall–Kier alpha value is -0.0800. The van der Waals surface area contributed by atoms with Crippen LogP contribution in [0, 0.1) is 11.3 Å². The average Bonchev–Trinajstić information content (AvgIpc) is 2.02. The summed E-state index contributed by atoms with van der Waals surface area (Å²) in [4.78, 5) is 0. The molecule has 2 unspecified atom stereocenters. The Bertz CT molecular complexity index is 156. The van der Waals surface area contributed by atoms with Gasteiger partial charge in [-0.1, -0.05) is 20.8 Å². The van der Waals surface area contributed by atoms with E-state index < -0.39 is 0 Å². The minimum Gasteiger partial charge on any atom is -0.395 e. The molecule has 0 saturated heterocycles. The first-order valence-electron chi connectivity index (χ1n) is 5.39. The Labute approximate surface area is 81.7 Å². The second-order valence-corrected chi connectivity index (χ2v) is 5.17. The molecule has 2 atom stereocenters. The molecule has 0 aromatic heterocycles. The van der Waals surface area contributed by atoms with Crippen molar-refractivity contribution < 1.29 is 5.11 Å². The quantitative estimate of drug-likeness (QED) is 0.702. The fourth-order valence-electron chi connectivity index (χ4n) is 2.50. The number of hydrogen-bond acceptors (Lipinski definition) is 2. The molecule has 1 saturated carbocycles. The number of nitrogens with one attached hydrogen (secondary N) is 1. The van der Waals surface area contributed by atoms with Gasteiger partial charge in [0.15, 0.2) is 0 Å². The summed E-state index contributed by atoms with van der Waals surface area (Å²) in [6.07, 6.45) is 3.87. The summed E-state index contributed by atoms with van der Waals surface area (Å²) in [6.45, 7) is 8.02. The van der Waals surface area contributed by atoms with Crippen molar-refractivity contribution in [2.24, 2.45) is 11.3 Å². The number of aliphatic hydroxyl groups is 1. The van der Waals surface area contributed by atoms with E-state index in [1.54, 1.807) is 0 Å². The van der Waals surface area contributed by atoms with Crippen LogP contribution in [0.4, 0.5) is 0 Å². The van der Waals surface area contributed by atoms with Crippen molar-refractivity contribution >= 4 is 0 Å². The molecule has 0 aromatic carbocycles. The lowest BCUT2D eigenvalue weighted by atomic mass is 9.70. The molecule has 2 heteroatoms. The summed E-state index contributed by atoms with van der Waals surface area (Å²) in [5.41, 5.74) is 0.525. The lowest BCUT2D eigenvalue weighted by molar-refractivity contribution is 0.144. The maximum atomic E-state index is 8.72. The molecule has 2 N–H and O–H groups in total. The minimum absolute atomic E-state index is 0.257. The molecule has 13 heavy (non-hydrogen) atoms. The lowest BCUT2D eigenvalue weighted by Gasteiger charge is -2.39. The molecule has 0 aromatic rings. The second-order valence-electron chi connectivity index (χ2n) is 5.17. The van der Waals surface area contributed by atoms with Crippen LogP contribution in [-0.2, 0) is 0 Å². The molecule has 1 rings (SSSR count). The Morgan fingerprint density at radius 1 is 1.46 bits per heavy atom. The van der Waals surface area contributed by atoms with Gasteiger partial charge in [-0.05, 0) is 30.6 Å². The average molecular weight is 185 g/mol. The van der Waals surface area contributed by atoms with Crippen LogP contribution in [0.2, 0.25) is 0 Å². The maximum Gasteiger partial charge on any atom is 0.0556 e. The summed E-state index contributed by atoms with van der Waals surface area (Å²) in [7, 11) is 0. The predicted octanol–water partition coefficient (Wildman–Crippen LogP) is 1.78. The van der Waals surface area contributed by atoms with Gasteiger partial charge >= 0.3 is 0 Å². The summed E-state index contributed by atoms with van der Waals surface area (Å²) in [5, 5.41) is 12.1. The molecule has 0 bridgehead atoms. The van der Waals surface area contributed by atoms with Gasteiger partial charge in [0, 0.05) is 12.6 Å². The molecule has 2 nitrogen and oxygen atoms in total. The SMILES string of the molecule is CC1CC(C)(C)CCC1NCCO. The molecule has 0 heterocycles. The summed E-state index contributed by atoms with van der Waals surface area (Å²) in [5.74, 6) is 0.746. The smallest absolute Gasteiger partial charge is 0.0556 e. The van der Waals surface area contributed by atoms with Gasteiger partial charge in [-0.15, -0.1) is 0 Å². The van der Waals surface area contributed by atoms with Crippen LogP contribution >= 0.6 is 0 Å². The van der Waals surface area contributed by atoms with Crippen molar-refractivity contribution in [3.05, 3.63) is 0 Å². The van der Waals surface area contributed by atoms with E-state index in [0.717, 1.165) is 12.5 Å². The summed E-state index contributed by atoms with van der Waals surface area (Å²) < 4.78 is 0. The number of aliphatic hydroxyl groups excluding tert-OH is 1.